The summed E-state index contributed by atoms with van der Waals surface area (Å²) in [7, 11) is 0. The van der Waals surface area contributed by atoms with Gasteiger partial charge in [-0.15, -0.1) is 0 Å². The van der Waals surface area contributed by atoms with E-state index in [0.717, 1.165) is 10.9 Å². The van der Waals surface area contributed by atoms with E-state index in [0.29, 0.717) is 11.5 Å². The zero-order valence-electron chi connectivity index (χ0n) is 13.0. The molecular weight excluding hydrogens is 286 g/mol. The summed E-state index contributed by atoms with van der Waals surface area (Å²) in [4.78, 5) is 12.8. The number of para-hydroxylation sites is 1. The van der Waals surface area contributed by atoms with Crippen molar-refractivity contribution in [1.29, 1.82) is 0 Å². The van der Waals surface area contributed by atoms with E-state index in [1.165, 1.54) is 24.0 Å². The van der Waals surface area contributed by atoms with Crippen LogP contribution >= 0.6 is 0 Å². The van der Waals surface area contributed by atoms with E-state index in [4.69, 9.17) is 0 Å². The van der Waals surface area contributed by atoms with Crippen LogP contribution in [0.2, 0.25) is 0 Å². The normalized spacial score (nSPS) is 15.5. The average molecular weight is 305 g/mol. The zero-order valence-corrected chi connectivity index (χ0v) is 13.0. The predicted molar refractivity (Wildman–Crippen MR) is 90.2 cm³/mol. The highest BCUT2D eigenvalue weighted by Crippen LogP contribution is 2.41. The number of nitrogens with one attached hydrogen (secondary N) is 2. The number of carbonyl (C=O) groups excluding carboxylic acids is 1. The molecule has 1 aromatic heterocycles. The number of benzene rings is 2. The summed E-state index contributed by atoms with van der Waals surface area (Å²) in [6.07, 6.45) is 4.09. The Morgan fingerprint density at radius 3 is 2.74 bits per heavy atom. The van der Waals surface area contributed by atoms with E-state index in [1.54, 1.807) is 6.20 Å². The number of nitrogens with zero attached hydrogens (tertiary/aromatic N) is 1. The summed E-state index contributed by atoms with van der Waals surface area (Å²) in [6, 6.07) is 14.2. The van der Waals surface area contributed by atoms with Crippen LogP contribution < -0.4 is 5.32 Å². The van der Waals surface area contributed by atoms with Gasteiger partial charge in [0.25, 0.3) is 5.91 Å². The summed E-state index contributed by atoms with van der Waals surface area (Å²) in [5.74, 6) is 0.500. The summed E-state index contributed by atoms with van der Waals surface area (Å²) in [5.41, 5.74) is 3.86. The van der Waals surface area contributed by atoms with Gasteiger partial charge in [-0.1, -0.05) is 42.0 Å². The molecule has 1 saturated carbocycles. The summed E-state index contributed by atoms with van der Waals surface area (Å²) in [6.45, 7) is 2.08. The lowest BCUT2D eigenvalue weighted by atomic mass is 10.0. The van der Waals surface area contributed by atoms with E-state index in [2.05, 4.69) is 46.7 Å². The molecule has 1 aliphatic rings. The molecule has 1 amide bonds. The number of hydrogen-bond donors (Lipinski definition) is 2. The van der Waals surface area contributed by atoms with Crippen molar-refractivity contribution in [3.63, 3.8) is 0 Å². The smallest absolute Gasteiger partial charge is 0.253 e. The van der Waals surface area contributed by atoms with E-state index < -0.39 is 0 Å². The minimum absolute atomic E-state index is 0.0441. The molecule has 4 rings (SSSR count). The van der Waals surface area contributed by atoms with Gasteiger partial charge >= 0.3 is 0 Å². The fourth-order valence-corrected chi connectivity index (χ4v) is 3.05. The second kappa shape index (κ2) is 5.54. The monoisotopic (exact) mass is 305 g/mol. The number of fused-ring (bicyclic) bond motifs is 1. The van der Waals surface area contributed by atoms with E-state index in [9.17, 15) is 4.79 Å². The molecule has 0 spiro atoms. The first kappa shape index (κ1) is 14.0. The third-order valence-electron chi connectivity index (χ3n) is 4.54. The first-order valence-corrected chi connectivity index (χ1v) is 8.02. The maximum atomic E-state index is 12.8. The fraction of sp³-hybridized carbons (Fsp3) is 0.263. The molecule has 0 bridgehead atoms. The maximum Gasteiger partial charge on any atom is 0.253 e. The van der Waals surface area contributed by atoms with Gasteiger partial charge in [0, 0.05) is 5.39 Å². The fourth-order valence-electron chi connectivity index (χ4n) is 3.05. The molecule has 2 N–H and O–H groups in total. The number of amides is 1. The van der Waals surface area contributed by atoms with Crippen molar-refractivity contribution in [3.05, 3.63) is 65.4 Å². The van der Waals surface area contributed by atoms with Crippen molar-refractivity contribution in [3.8, 4) is 0 Å². The number of aryl methyl sites for hydroxylation is 1. The van der Waals surface area contributed by atoms with Crippen molar-refractivity contribution >= 4 is 16.8 Å². The van der Waals surface area contributed by atoms with Crippen LogP contribution in [0, 0.1) is 12.8 Å². The molecule has 1 unspecified atom stereocenters. The first-order chi connectivity index (χ1) is 11.2. The van der Waals surface area contributed by atoms with Gasteiger partial charge in [0.15, 0.2) is 0 Å². The minimum Gasteiger partial charge on any atom is -0.345 e. The number of aromatic amines is 1. The van der Waals surface area contributed by atoms with Crippen molar-refractivity contribution in [2.24, 2.45) is 5.92 Å². The molecule has 0 aliphatic heterocycles. The van der Waals surface area contributed by atoms with Gasteiger partial charge in [0.05, 0.1) is 23.3 Å². The van der Waals surface area contributed by atoms with Gasteiger partial charge in [-0.05, 0) is 37.3 Å². The highest BCUT2D eigenvalue weighted by atomic mass is 16.1. The molecule has 1 fully saturated rings. The Morgan fingerprint density at radius 2 is 2.00 bits per heavy atom. The lowest BCUT2D eigenvalue weighted by Crippen LogP contribution is -2.30. The van der Waals surface area contributed by atoms with Crippen molar-refractivity contribution in [2.75, 3.05) is 0 Å². The summed E-state index contributed by atoms with van der Waals surface area (Å²) < 4.78 is 0. The van der Waals surface area contributed by atoms with Crippen LogP contribution in [0.4, 0.5) is 0 Å². The summed E-state index contributed by atoms with van der Waals surface area (Å²) in [5, 5.41) is 11.1. The highest BCUT2D eigenvalue weighted by molar-refractivity contribution is 6.05. The van der Waals surface area contributed by atoms with Crippen LogP contribution in [0.25, 0.3) is 10.9 Å². The Kier molecular flexibility index (Phi) is 3.37. The Hall–Kier alpha value is -2.62. The lowest BCUT2D eigenvalue weighted by Gasteiger charge is -2.19. The van der Waals surface area contributed by atoms with Gasteiger partial charge in [-0.25, -0.2) is 0 Å². The molecule has 1 aliphatic carbocycles. The molecule has 4 nitrogen and oxygen atoms in total. The third kappa shape index (κ3) is 2.72. The molecular formula is C19H19N3O. The van der Waals surface area contributed by atoms with Gasteiger partial charge < -0.3 is 5.32 Å². The Balaban J connectivity index is 1.63. The van der Waals surface area contributed by atoms with Crippen molar-refractivity contribution in [2.45, 2.75) is 25.8 Å². The largest absolute Gasteiger partial charge is 0.345 e. The third-order valence-corrected chi connectivity index (χ3v) is 4.54. The zero-order chi connectivity index (χ0) is 15.8. The van der Waals surface area contributed by atoms with E-state index >= 15 is 0 Å². The average Bonchev–Trinajstić information content (AvgIpc) is 3.29. The number of hydrogen-bond acceptors (Lipinski definition) is 2. The molecule has 23 heavy (non-hydrogen) atoms. The van der Waals surface area contributed by atoms with Crippen LogP contribution in [0.15, 0.2) is 48.7 Å². The van der Waals surface area contributed by atoms with Crippen molar-refractivity contribution < 1.29 is 4.79 Å². The Bertz CT molecular complexity index is 846. The van der Waals surface area contributed by atoms with Crippen LogP contribution in [0.1, 0.15) is 40.4 Å². The molecule has 1 atom stereocenters. The van der Waals surface area contributed by atoms with Gasteiger partial charge in [-0.3, -0.25) is 9.89 Å². The maximum absolute atomic E-state index is 12.8. The molecule has 3 aromatic rings. The number of aromatic nitrogens is 2. The van der Waals surface area contributed by atoms with E-state index in [1.807, 2.05) is 18.2 Å². The second-order valence-electron chi connectivity index (χ2n) is 6.34. The van der Waals surface area contributed by atoms with E-state index in [-0.39, 0.29) is 11.9 Å². The molecule has 0 radical (unpaired) electrons. The number of H-pyrrole nitrogens is 1. The second-order valence-corrected chi connectivity index (χ2v) is 6.34. The summed E-state index contributed by atoms with van der Waals surface area (Å²) >= 11 is 0. The number of rotatable bonds is 4. The van der Waals surface area contributed by atoms with Gasteiger partial charge in [0.2, 0.25) is 0 Å². The topological polar surface area (TPSA) is 57.8 Å². The SMILES string of the molecule is Cc1ccc(C(NC(=O)c2cccc3cn[nH]c23)C2CC2)cc1. The Morgan fingerprint density at radius 1 is 1.22 bits per heavy atom. The van der Waals surface area contributed by atoms with Crippen LogP contribution in [-0.4, -0.2) is 16.1 Å². The van der Waals surface area contributed by atoms with Gasteiger partial charge in [0.1, 0.15) is 0 Å². The van der Waals surface area contributed by atoms with Crippen LogP contribution in [0.3, 0.4) is 0 Å². The van der Waals surface area contributed by atoms with Crippen molar-refractivity contribution in [1.82, 2.24) is 15.5 Å². The van der Waals surface area contributed by atoms with Crippen LogP contribution in [-0.2, 0) is 0 Å². The van der Waals surface area contributed by atoms with Crippen LogP contribution in [0.5, 0.6) is 0 Å². The highest BCUT2D eigenvalue weighted by Gasteiger charge is 2.33. The number of carbonyl (C=O) groups is 1. The lowest BCUT2D eigenvalue weighted by molar-refractivity contribution is 0.0933. The minimum atomic E-state index is -0.0441. The predicted octanol–water partition coefficient (Wildman–Crippen LogP) is 3.75. The molecule has 2 aromatic carbocycles. The quantitative estimate of drug-likeness (QED) is 0.771. The Labute approximate surface area is 134 Å². The standard InChI is InChI=1S/C19H19N3O/c1-12-5-7-13(8-6-12)17(14-9-10-14)21-19(23)16-4-2-3-15-11-20-22-18(15)16/h2-8,11,14,17H,9-10H2,1H3,(H,20,22)(H,21,23). The molecule has 1 heterocycles. The van der Waals surface area contributed by atoms with Gasteiger partial charge in [-0.2, -0.15) is 5.10 Å². The molecule has 4 heteroatoms. The molecule has 116 valence electrons. The molecule has 0 saturated heterocycles. The first-order valence-electron chi connectivity index (χ1n) is 8.02.